The number of rotatable bonds is 21. The molecule has 166 valence electrons. The maximum Gasteiger partial charge on any atom is 0.305 e. The van der Waals surface area contributed by atoms with Gasteiger partial charge in [0.1, 0.15) is 0 Å². The van der Waals surface area contributed by atoms with E-state index >= 15 is 0 Å². The van der Waals surface area contributed by atoms with Crippen molar-refractivity contribution >= 4 is 11.9 Å². The van der Waals surface area contributed by atoms with Crippen molar-refractivity contribution < 1.29 is 19.1 Å². The average molecular weight is 399 g/mol. The van der Waals surface area contributed by atoms with Gasteiger partial charge in [-0.3, -0.25) is 9.59 Å². The van der Waals surface area contributed by atoms with Crippen molar-refractivity contribution in [2.75, 3.05) is 13.2 Å². The molecule has 0 aliphatic rings. The van der Waals surface area contributed by atoms with E-state index in [1.165, 1.54) is 38.5 Å². The van der Waals surface area contributed by atoms with E-state index in [1.54, 1.807) is 0 Å². The highest BCUT2D eigenvalue weighted by Crippen LogP contribution is 2.12. The highest BCUT2D eigenvalue weighted by molar-refractivity contribution is 5.69. The van der Waals surface area contributed by atoms with E-state index in [4.69, 9.17) is 9.47 Å². The summed E-state index contributed by atoms with van der Waals surface area (Å²) in [5.74, 6) is -0.0538. The molecule has 28 heavy (non-hydrogen) atoms. The second kappa shape index (κ2) is 22.2. The Labute approximate surface area is 174 Å². The number of esters is 2. The first kappa shape index (κ1) is 26.9. The Hall–Kier alpha value is -1.06. The van der Waals surface area contributed by atoms with Crippen LogP contribution in [0.3, 0.4) is 0 Å². The molecule has 0 aromatic rings. The Morgan fingerprint density at radius 3 is 1.11 bits per heavy atom. The number of hydrogen-bond acceptors (Lipinski definition) is 4. The van der Waals surface area contributed by atoms with Crippen LogP contribution in [0.5, 0.6) is 0 Å². The zero-order valence-corrected chi connectivity index (χ0v) is 18.8. The summed E-state index contributed by atoms with van der Waals surface area (Å²) in [5.41, 5.74) is 0. The SMILES string of the molecule is CCCCCOC(=O)CCCCCCCCCCCCC(=O)OCCCCC. The first-order valence-corrected chi connectivity index (χ1v) is 12.0. The lowest BCUT2D eigenvalue weighted by Crippen LogP contribution is -2.05. The summed E-state index contributed by atoms with van der Waals surface area (Å²) in [4.78, 5) is 23.1. The van der Waals surface area contributed by atoms with Crippen LogP contribution < -0.4 is 0 Å². The Morgan fingerprint density at radius 1 is 0.464 bits per heavy atom. The summed E-state index contributed by atoms with van der Waals surface area (Å²) in [6, 6.07) is 0. The van der Waals surface area contributed by atoms with Gasteiger partial charge in [0.05, 0.1) is 13.2 Å². The van der Waals surface area contributed by atoms with Crippen LogP contribution in [0.2, 0.25) is 0 Å². The standard InChI is InChI=1S/C24H46O4/c1-3-5-17-21-27-23(25)19-15-13-11-9-7-8-10-12-14-16-20-24(26)28-22-18-6-4-2/h3-22H2,1-2H3. The van der Waals surface area contributed by atoms with Crippen LogP contribution in [-0.2, 0) is 19.1 Å². The molecular weight excluding hydrogens is 352 g/mol. The second-order valence-electron chi connectivity index (χ2n) is 7.89. The molecule has 0 aromatic carbocycles. The van der Waals surface area contributed by atoms with Gasteiger partial charge in [-0.15, -0.1) is 0 Å². The van der Waals surface area contributed by atoms with Crippen molar-refractivity contribution in [2.45, 2.75) is 129 Å². The van der Waals surface area contributed by atoms with Crippen LogP contribution in [0.4, 0.5) is 0 Å². The topological polar surface area (TPSA) is 52.6 Å². The van der Waals surface area contributed by atoms with Crippen LogP contribution in [0, 0.1) is 0 Å². The predicted molar refractivity (Wildman–Crippen MR) is 116 cm³/mol. The number of unbranched alkanes of at least 4 members (excludes halogenated alkanes) is 13. The molecule has 0 unspecified atom stereocenters. The molecule has 0 aliphatic carbocycles. The number of hydrogen-bond donors (Lipinski definition) is 0. The zero-order chi connectivity index (χ0) is 20.7. The quantitative estimate of drug-likeness (QED) is 0.152. The molecule has 0 bridgehead atoms. The van der Waals surface area contributed by atoms with Crippen LogP contribution in [0.25, 0.3) is 0 Å². The van der Waals surface area contributed by atoms with Crippen molar-refractivity contribution in [3.05, 3.63) is 0 Å². The van der Waals surface area contributed by atoms with E-state index in [0.717, 1.165) is 64.2 Å². The van der Waals surface area contributed by atoms with Gasteiger partial charge in [-0.2, -0.15) is 0 Å². The third-order valence-electron chi connectivity index (χ3n) is 5.03. The Morgan fingerprint density at radius 2 is 0.786 bits per heavy atom. The Bertz CT molecular complexity index is 321. The molecule has 4 nitrogen and oxygen atoms in total. The molecule has 4 heteroatoms. The summed E-state index contributed by atoms with van der Waals surface area (Å²) in [6.07, 6.45) is 19.4. The van der Waals surface area contributed by atoms with Crippen molar-refractivity contribution in [1.29, 1.82) is 0 Å². The Balaban J connectivity index is 3.19. The van der Waals surface area contributed by atoms with Gasteiger partial charge in [0.15, 0.2) is 0 Å². The van der Waals surface area contributed by atoms with Crippen molar-refractivity contribution in [3.63, 3.8) is 0 Å². The molecule has 0 fully saturated rings. The van der Waals surface area contributed by atoms with Gasteiger partial charge in [-0.25, -0.2) is 0 Å². The molecule has 0 aliphatic heterocycles. The smallest absolute Gasteiger partial charge is 0.305 e. The van der Waals surface area contributed by atoms with Gasteiger partial charge in [-0.05, 0) is 25.7 Å². The summed E-state index contributed by atoms with van der Waals surface area (Å²) < 4.78 is 10.4. The average Bonchev–Trinajstić information content (AvgIpc) is 2.69. The summed E-state index contributed by atoms with van der Waals surface area (Å²) in [6.45, 7) is 5.48. The maximum atomic E-state index is 11.5. The fourth-order valence-electron chi connectivity index (χ4n) is 3.17. The molecule has 0 spiro atoms. The molecule has 0 N–H and O–H groups in total. The van der Waals surface area contributed by atoms with Gasteiger partial charge >= 0.3 is 11.9 Å². The summed E-state index contributed by atoms with van der Waals surface area (Å²) in [5, 5.41) is 0. The van der Waals surface area contributed by atoms with E-state index in [0.29, 0.717) is 26.1 Å². The number of carbonyl (C=O) groups excluding carboxylic acids is 2. The molecule has 0 atom stereocenters. The van der Waals surface area contributed by atoms with E-state index in [2.05, 4.69) is 13.8 Å². The fraction of sp³-hybridized carbons (Fsp3) is 0.917. The monoisotopic (exact) mass is 398 g/mol. The van der Waals surface area contributed by atoms with E-state index in [1.807, 2.05) is 0 Å². The molecule has 0 saturated heterocycles. The van der Waals surface area contributed by atoms with Crippen molar-refractivity contribution in [3.8, 4) is 0 Å². The van der Waals surface area contributed by atoms with Crippen LogP contribution in [0.1, 0.15) is 129 Å². The van der Waals surface area contributed by atoms with Crippen molar-refractivity contribution in [1.82, 2.24) is 0 Å². The van der Waals surface area contributed by atoms with Gasteiger partial charge in [0, 0.05) is 12.8 Å². The van der Waals surface area contributed by atoms with Crippen LogP contribution in [-0.4, -0.2) is 25.2 Å². The first-order chi connectivity index (χ1) is 13.7. The lowest BCUT2D eigenvalue weighted by atomic mass is 10.1. The second-order valence-corrected chi connectivity index (χ2v) is 7.89. The fourth-order valence-corrected chi connectivity index (χ4v) is 3.17. The molecule has 0 radical (unpaired) electrons. The molecular formula is C24H46O4. The van der Waals surface area contributed by atoms with Gasteiger partial charge in [0.25, 0.3) is 0 Å². The van der Waals surface area contributed by atoms with Gasteiger partial charge in [-0.1, -0.05) is 90.9 Å². The lowest BCUT2D eigenvalue weighted by Gasteiger charge is -2.05. The number of carbonyl (C=O) groups is 2. The van der Waals surface area contributed by atoms with Gasteiger partial charge in [0.2, 0.25) is 0 Å². The normalized spacial score (nSPS) is 10.8. The van der Waals surface area contributed by atoms with E-state index in [-0.39, 0.29) is 11.9 Å². The Kier molecular flexibility index (Phi) is 21.4. The largest absolute Gasteiger partial charge is 0.466 e. The highest BCUT2D eigenvalue weighted by atomic mass is 16.5. The molecule has 0 rings (SSSR count). The summed E-state index contributed by atoms with van der Waals surface area (Å²) >= 11 is 0. The van der Waals surface area contributed by atoms with Crippen LogP contribution in [0.15, 0.2) is 0 Å². The maximum absolute atomic E-state index is 11.5. The molecule has 0 amide bonds. The third-order valence-corrected chi connectivity index (χ3v) is 5.03. The lowest BCUT2D eigenvalue weighted by molar-refractivity contribution is -0.144. The first-order valence-electron chi connectivity index (χ1n) is 12.0. The summed E-state index contributed by atoms with van der Waals surface area (Å²) in [7, 11) is 0. The molecule has 0 saturated carbocycles. The predicted octanol–water partition coefficient (Wildman–Crippen LogP) is 7.13. The molecule has 0 heterocycles. The minimum atomic E-state index is -0.0269. The van der Waals surface area contributed by atoms with E-state index in [9.17, 15) is 9.59 Å². The van der Waals surface area contributed by atoms with E-state index < -0.39 is 0 Å². The van der Waals surface area contributed by atoms with Gasteiger partial charge < -0.3 is 9.47 Å². The van der Waals surface area contributed by atoms with Crippen LogP contribution >= 0.6 is 0 Å². The minimum Gasteiger partial charge on any atom is -0.466 e. The zero-order valence-electron chi connectivity index (χ0n) is 18.8. The number of ether oxygens (including phenoxy) is 2. The minimum absolute atomic E-state index is 0.0269. The molecule has 0 aromatic heterocycles. The highest BCUT2D eigenvalue weighted by Gasteiger charge is 2.03. The van der Waals surface area contributed by atoms with Crippen molar-refractivity contribution in [2.24, 2.45) is 0 Å². The third kappa shape index (κ3) is 21.2.